The molecular formula is C20H14N4O3S. The smallest absolute Gasteiger partial charge is 0.270 e. The van der Waals surface area contributed by atoms with Crippen molar-refractivity contribution in [3.8, 4) is 6.07 Å². The van der Waals surface area contributed by atoms with E-state index in [1.54, 1.807) is 12.3 Å². The monoisotopic (exact) mass is 390 g/mol. The van der Waals surface area contributed by atoms with E-state index in [0.717, 1.165) is 10.4 Å². The van der Waals surface area contributed by atoms with Crippen molar-refractivity contribution in [3.05, 3.63) is 92.5 Å². The van der Waals surface area contributed by atoms with Crippen molar-refractivity contribution in [2.75, 3.05) is 5.32 Å². The Morgan fingerprint density at radius 1 is 1.25 bits per heavy atom. The SMILES string of the molecule is N#C/C(=C\c1cccc([N+](=O)[O-])c1)C(=O)Nc1ncc(Cc2ccccc2)s1. The largest absolute Gasteiger partial charge is 0.297 e. The normalized spacial score (nSPS) is 10.9. The number of nitriles is 1. The van der Waals surface area contributed by atoms with Crippen LogP contribution in [0.1, 0.15) is 16.0 Å². The molecule has 0 bridgehead atoms. The topological polar surface area (TPSA) is 109 Å². The molecule has 7 nitrogen and oxygen atoms in total. The minimum Gasteiger partial charge on any atom is -0.297 e. The number of rotatable bonds is 6. The van der Waals surface area contributed by atoms with Crippen molar-refractivity contribution < 1.29 is 9.72 Å². The fourth-order valence-electron chi connectivity index (χ4n) is 2.45. The Bertz CT molecular complexity index is 1080. The summed E-state index contributed by atoms with van der Waals surface area (Å²) in [6, 6.07) is 17.4. The van der Waals surface area contributed by atoms with Crippen LogP contribution in [-0.4, -0.2) is 15.8 Å². The average molecular weight is 390 g/mol. The molecule has 28 heavy (non-hydrogen) atoms. The average Bonchev–Trinajstić information content (AvgIpc) is 3.13. The molecule has 3 aromatic rings. The van der Waals surface area contributed by atoms with Gasteiger partial charge in [0.2, 0.25) is 0 Å². The second-order valence-electron chi connectivity index (χ2n) is 5.77. The van der Waals surface area contributed by atoms with Gasteiger partial charge >= 0.3 is 0 Å². The quantitative estimate of drug-likeness (QED) is 0.294. The molecule has 0 atom stereocenters. The molecule has 0 spiro atoms. The Hall–Kier alpha value is -3.83. The molecule has 1 aromatic heterocycles. The third kappa shape index (κ3) is 4.87. The van der Waals surface area contributed by atoms with Crippen molar-refractivity contribution in [1.29, 1.82) is 5.26 Å². The third-order valence-electron chi connectivity index (χ3n) is 3.75. The number of thiazole rings is 1. The molecule has 2 aromatic carbocycles. The lowest BCUT2D eigenvalue weighted by Gasteiger charge is -2.01. The summed E-state index contributed by atoms with van der Waals surface area (Å²) in [6.45, 7) is 0. The number of benzene rings is 2. The number of nitro benzene ring substituents is 1. The Morgan fingerprint density at radius 3 is 2.75 bits per heavy atom. The highest BCUT2D eigenvalue weighted by molar-refractivity contribution is 7.15. The summed E-state index contributed by atoms with van der Waals surface area (Å²) < 4.78 is 0. The molecule has 0 fully saturated rings. The van der Waals surface area contributed by atoms with E-state index in [-0.39, 0.29) is 11.3 Å². The molecule has 0 saturated heterocycles. The zero-order valence-electron chi connectivity index (χ0n) is 14.5. The number of aromatic nitrogens is 1. The number of carbonyl (C=O) groups excluding carboxylic acids is 1. The van der Waals surface area contributed by atoms with Crippen LogP contribution in [0, 0.1) is 21.4 Å². The summed E-state index contributed by atoms with van der Waals surface area (Å²) >= 11 is 1.33. The Balaban J connectivity index is 1.72. The van der Waals surface area contributed by atoms with E-state index < -0.39 is 10.8 Å². The van der Waals surface area contributed by atoms with Crippen molar-refractivity contribution >= 4 is 34.1 Å². The molecule has 3 rings (SSSR count). The van der Waals surface area contributed by atoms with Gasteiger partial charge in [0.05, 0.1) is 4.92 Å². The van der Waals surface area contributed by atoms with Crippen molar-refractivity contribution in [2.24, 2.45) is 0 Å². The first-order chi connectivity index (χ1) is 13.5. The molecule has 138 valence electrons. The predicted molar refractivity (Wildman–Crippen MR) is 107 cm³/mol. The van der Waals surface area contributed by atoms with Gasteiger partial charge in [-0.2, -0.15) is 5.26 Å². The minimum atomic E-state index is -0.616. The number of amides is 1. The van der Waals surface area contributed by atoms with E-state index in [2.05, 4.69) is 10.3 Å². The van der Waals surface area contributed by atoms with E-state index in [0.29, 0.717) is 17.1 Å². The Labute approximate surface area is 164 Å². The van der Waals surface area contributed by atoms with E-state index in [1.807, 2.05) is 36.4 Å². The number of nitro groups is 1. The van der Waals surface area contributed by atoms with Gasteiger partial charge in [-0.05, 0) is 17.2 Å². The number of carbonyl (C=O) groups is 1. The van der Waals surface area contributed by atoms with Gasteiger partial charge < -0.3 is 0 Å². The lowest BCUT2D eigenvalue weighted by molar-refractivity contribution is -0.384. The van der Waals surface area contributed by atoms with Gasteiger partial charge in [0.25, 0.3) is 11.6 Å². The fourth-order valence-corrected chi connectivity index (χ4v) is 3.29. The van der Waals surface area contributed by atoms with Crippen LogP contribution in [0.3, 0.4) is 0 Å². The van der Waals surface area contributed by atoms with E-state index in [4.69, 9.17) is 0 Å². The predicted octanol–water partition coefficient (Wildman–Crippen LogP) is 4.19. The Kier molecular flexibility index (Phi) is 5.89. The van der Waals surface area contributed by atoms with Crippen molar-refractivity contribution in [1.82, 2.24) is 4.98 Å². The van der Waals surface area contributed by atoms with Crippen LogP contribution in [0.2, 0.25) is 0 Å². The summed E-state index contributed by atoms with van der Waals surface area (Å²) in [5.41, 5.74) is 1.24. The lowest BCUT2D eigenvalue weighted by Crippen LogP contribution is -2.13. The van der Waals surface area contributed by atoms with Crippen LogP contribution in [0.5, 0.6) is 0 Å². The molecule has 0 saturated carbocycles. The summed E-state index contributed by atoms with van der Waals surface area (Å²) in [6.07, 6.45) is 3.69. The van der Waals surface area contributed by atoms with Gasteiger partial charge in [0, 0.05) is 29.6 Å². The molecule has 8 heteroatoms. The van der Waals surface area contributed by atoms with Gasteiger partial charge in [-0.15, -0.1) is 11.3 Å². The van der Waals surface area contributed by atoms with Crippen LogP contribution in [0.25, 0.3) is 6.08 Å². The summed E-state index contributed by atoms with van der Waals surface area (Å²) in [5, 5.41) is 23.1. The van der Waals surface area contributed by atoms with Crippen LogP contribution < -0.4 is 5.32 Å². The number of hydrogen-bond acceptors (Lipinski definition) is 6. The maximum Gasteiger partial charge on any atom is 0.270 e. The first kappa shape index (κ1) is 18.9. The Morgan fingerprint density at radius 2 is 2.04 bits per heavy atom. The van der Waals surface area contributed by atoms with Gasteiger partial charge in [-0.25, -0.2) is 4.98 Å². The summed E-state index contributed by atoms with van der Waals surface area (Å²) in [5.74, 6) is -0.616. The van der Waals surface area contributed by atoms with Gasteiger partial charge in [0.1, 0.15) is 11.6 Å². The van der Waals surface area contributed by atoms with E-state index in [1.165, 1.54) is 35.6 Å². The van der Waals surface area contributed by atoms with Crippen LogP contribution in [0.4, 0.5) is 10.8 Å². The third-order valence-corrected chi connectivity index (χ3v) is 4.67. The summed E-state index contributed by atoms with van der Waals surface area (Å²) in [4.78, 5) is 27.8. The zero-order valence-corrected chi connectivity index (χ0v) is 15.3. The molecule has 0 aliphatic rings. The molecule has 1 N–H and O–H groups in total. The molecule has 0 aliphatic heterocycles. The zero-order chi connectivity index (χ0) is 19.9. The number of non-ortho nitro benzene ring substituents is 1. The lowest BCUT2D eigenvalue weighted by atomic mass is 10.1. The summed E-state index contributed by atoms with van der Waals surface area (Å²) in [7, 11) is 0. The maximum atomic E-state index is 12.4. The van der Waals surface area contributed by atoms with Gasteiger partial charge in [0.15, 0.2) is 5.13 Å². The van der Waals surface area contributed by atoms with Crippen molar-refractivity contribution in [3.63, 3.8) is 0 Å². The number of anilines is 1. The van der Waals surface area contributed by atoms with Crippen molar-refractivity contribution in [2.45, 2.75) is 6.42 Å². The van der Waals surface area contributed by atoms with Crippen LogP contribution >= 0.6 is 11.3 Å². The highest BCUT2D eigenvalue weighted by Crippen LogP contribution is 2.22. The van der Waals surface area contributed by atoms with Crippen LogP contribution in [-0.2, 0) is 11.2 Å². The highest BCUT2D eigenvalue weighted by Gasteiger charge is 2.13. The molecule has 0 aliphatic carbocycles. The molecule has 1 heterocycles. The van der Waals surface area contributed by atoms with E-state index in [9.17, 15) is 20.2 Å². The molecular weight excluding hydrogens is 376 g/mol. The number of hydrogen-bond donors (Lipinski definition) is 1. The van der Waals surface area contributed by atoms with E-state index >= 15 is 0 Å². The maximum absolute atomic E-state index is 12.4. The fraction of sp³-hybridized carbons (Fsp3) is 0.0500. The number of nitrogens with one attached hydrogen (secondary N) is 1. The van der Waals surface area contributed by atoms with Gasteiger partial charge in [-0.1, -0.05) is 42.5 Å². The standard InChI is InChI=1S/C20H14N4O3S/c21-12-16(9-15-7-4-8-17(10-15)24(26)27)19(25)23-20-22-13-18(28-20)11-14-5-2-1-3-6-14/h1-10,13H,11H2,(H,22,23,25)/b16-9+. The molecule has 0 radical (unpaired) electrons. The van der Waals surface area contributed by atoms with Crippen LogP contribution in [0.15, 0.2) is 66.4 Å². The second-order valence-corrected chi connectivity index (χ2v) is 6.89. The minimum absolute atomic E-state index is 0.114. The molecule has 1 amide bonds. The second kappa shape index (κ2) is 8.70. The number of nitrogens with zero attached hydrogens (tertiary/aromatic N) is 3. The highest BCUT2D eigenvalue weighted by atomic mass is 32.1. The molecule has 0 unspecified atom stereocenters. The first-order valence-corrected chi connectivity index (χ1v) is 9.03. The van der Waals surface area contributed by atoms with Gasteiger partial charge in [-0.3, -0.25) is 20.2 Å². The first-order valence-electron chi connectivity index (χ1n) is 8.21.